The Kier molecular flexibility index (Phi) is 6.33. The van der Waals surface area contributed by atoms with Crippen molar-refractivity contribution in [2.45, 2.75) is 33.8 Å². The van der Waals surface area contributed by atoms with Gasteiger partial charge in [0.05, 0.1) is 6.54 Å². The lowest BCUT2D eigenvalue weighted by Gasteiger charge is -2.21. The molecule has 0 saturated carbocycles. The average molecular weight is 312 g/mol. The number of nitrogens with one attached hydrogen (secondary N) is 1. The first-order chi connectivity index (χ1) is 11.1. The predicted molar refractivity (Wildman–Crippen MR) is 99.8 cm³/mol. The van der Waals surface area contributed by atoms with Crippen LogP contribution < -0.4 is 15.0 Å². The van der Waals surface area contributed by atoms with E-state index in [0.29, 0.717) is 0 Å². The predicted octanol–water partition coefficient (Wildman–Crippen LogP) is 4.72. The zero-order valence-electron chi connectivity index (χ0n) is 14.7. The second-order valence-electron chi connectivity index (χ2n) is 5.79. The molecule has 2 rings (SSSR count). The quantitative estimate of drug-likeness (QED) is 0.763. The third-order valence-electron chi connectivity index (χ3n) is 4.01. The maximum absolute atomic E-state index is 5.99. The van der Waals surface area contributed by atoms with Crippen molar-refractivity contribution in [2.24, 2.45) is 0 Å². The summed E-state index contributed by atoms with van der Waals surface area (Å²) in [7, 11) is 0. The molecule has 1 N–H and O–H groups in total. The van der Waals surface area contributed by atoms with Gasteiger partial charge in [-0.2, -0.15) is 0 Å². The molecule has 3 nitrogen and oxygen atoms in total. The number of para-hydroxylation sites is 1. The Morgan fingerprint density at radius 3 is 2.26 bits per heavy atom. The molecule has 0 aliphatic heterocycles. The smallest absolute Gasteiger partial charge is 0.122 e. The number of nitrogens with zero attached hydrogens (tertiary/aromatic N) is 1. The zero-order valence-corrected chi connectivity index (χ0v) is 14.7. The van der Waals surface area contributed by atoms with Crippen LogP contribution in [0.2, 0.25) is 0 Å². The van der Waals surface area contributed by atoms with Gasteiger partial charge in [0.25, 0.3) is 0 Å². The van der Waals surface area contributed by atoms with Gasteiger partial charge in [-0.3, -0.25) is 0 Å². The highest BCUT2D eigenvalue weighted by molar-refractivity contribution is 5.55. The van der Waals surface area contributed by atoms with Gasteiger partial charge in [-0.15, -0.1) is 0 Å². The Hall–Kier alpha value is -2.16. The van der Waals surface area contributed by atoms with Crippen molar-refractivity contribution in [1.82, 2.24) is 0 Å². The lowest BCUT2D eigenvalue weighted by molar-refractivity contribution is 0.233. The van der Waals surface area contributed by atoms with E-state index < -0.39 is 0 Å². The number of aryl methyl sites for hydroxylation is 1. The van der Waals surface area contributed by atoms with Gasteiger partial charge in [-0.1, -0.05) is 18.2 Å². The van der Waals surface area contributed by atoms with E-state index in [1.807, 2.05) is 18.2 Å². The summed E-state index contributed by atoms with van der Waals surface area (Å²) in [6, 6.07) is 16.7. The summed E-state index contributed by atoms with van der Waals surface area (Å²) in [4.78, 5) is 2.34. The highest BCUT2D eigenvalue weighted by Gasteiger charge is 2.06. The second-order valence-corrected chi connectivity index (χ2v) is 5.79. The number of anilines is 2. The molecule has 0 saturated heterocycles. The molecule has 2 aromatic carbocycles. The molecule has 0 spiro atoms. The second kappa shape index (κ2) is 8.47. The zero-order chi connectivity index (χ0) is 16.7. The molecule has 0 heterocycles. The third-order valence-corrected chi connectivity index (χ3v) is 4.01. The Morgan fingerprint density at radius 1 is 1.00 bits per heavy atom. The fourth-order valence-corrected chi connectivity index (χ4v) is 2.59. The van der Waals surface area contributed by atoms with Gasteiger partial charge >= 0.3 is 0 Å². The van der Waals surface area contributed by atoms with E-state index in [2.05, 4.69) is 68.2 Å². The molecule has 2 aromatic rings. The summed E-state index contributed by atoms with van der Waals surface area (Å²) in [5.74, 6) is 0.957. The maximum atomic E-state index is 5.99. The third kappa shape index (κ3) is 4.92. The Bertz CT molecular complexity index is 591. The van der Waals surface area contributed by atoms with Crippen molar-refractivity contribution >= 4 is 11.4 Å². The number of hydrogen-bond acceptors (Lipinski definition) is 3. The SMILES string of the molecule is CCN(CC)c1ccc(NCC(C)Oc2ccccc2C)cc1. The van der Waals surface area contributed by atoms with Gasteiger partial charge in [0.2, 0.25) is 0 Å². The summed E-state index contributed by atoms with van der Waals surface area (Å²) in [6.45, 7) is 11.4. The number of rotatable bonds is 8. The molecule has 1 unspecified atom stereocenters. The van der Waals surface area contributed by atoms with Crippen LogP contribution in [0, 0.1) is 6.92 Å². The van der Waals surface area contributed by atoms with Crippen LogP contribution in [0.25, 0.3) is 0 Å². The molecule has 0 aromatic heterocycles. The molecular weight excluding hydrogens is 284 g/mol. The molecule has 23 heavy (non-hydrogen) atoms. The van der Waals surface area contributed by atoms with E-state index in [1.165, 1.54) is 11.3 Å². The van der Waals surface area contributed by atoms with Gasteiger partial charge in [-0.25, -0.2) is 0 Å². The molecule has 0 aliphatic rings. The van der Waals surface area contributed by atoms with Gasteiger partial charge in [0, 0.05) is 24.5 Å². The monoisotopic (exact) mass is 312 g/mol. The highest BCUT2D eigenvalue weighted by atomic mass is 16.5. The first-order valence-electron chi connectivity index (χ1n) is 8.45. The van der Waals surface area contributed by atoms with Crippen LogP contribution >= 0.6 is 0 Å². The van der Waals surface area contributed by atoms with E-state index in [-0.39, 0.29) is 6.10 Å². The van der Waals surface area contributed by atoms with Crippen molar-refractivity contribution in [2.75, 3.05) is 29.9 Å². The van der Waals surface area contributed by atoms with Crippen LogP contribution in [0.15, 0.2) is 48.5 Å². The Balaban J connectivity index is 1.87. The van der Waals surface area contributed by atoms with E-state index in [1.54, 1.807) is 0 Å². The van der Waals surface area contributed by atoms with Crippen LogP contribution in [-0.2, 0) is 0 Å². The van der Waals surface area contributed by atoms with Gasteiger partial charge in [0.15, 0.2) is 0 Å². The Morgan fingerprint density at radius 2 is 1.65 bits per heavy atom. The van der Waals surface area contributed by atoms with Crippen molar-refractivity contribution in [3.63, 3.8) is 0 Å². The number of benzene rings is 2. The molecule has 3 heteroatoms. The van der Waals surface area contributed by atoms with E-state index in [0.717, 1.165) is 31.1 Å². The van der Waals surface area contributed by atoms with Crippen LogP contribution in [0.3, 0.4) is 0 Å². The van der Waals surface area contributed by atoms with Crippen LogP contribution in [0.1, 0.15) is 26.3 Å². The molecule has 0 radical (unpaired) electrons. The standard InChI is InChI=1S/C20H28N2O/c1-5-22(6-2)19-13-11-18(12-14-19)21-15-17(4)23-20-10-8-7-9-16(20)3/h7-14,17,21H,5-6,15H2,1-4H3. The van der Waals surface area contributed by atoms with Crippen molar-refractivity contribution in [3.05, 3.63) is 54.1 Å². The van der Waals surface area contributed by atoms with Crippen molar-refractivity contribution < 1.29 is 4.74 Å². The molecule has 0 fully saturated rings. The van der Waals surface area contributed by atoms with Crippen LogP contribution in [-0.4, -0.2) is 25.7 Å². The molecule has 0 bridgehead atoms. The van der Waals surface area contributed by atoms with Crippen molar-refractivity contribution in [1.29, 1.82) is 0 Å². The Labute approximate surface area is 140 Å². The minimum atomic E-state index is 0.110. The first kappa shape index (κ1) is 17.2. The fraction of sp³-hybridized carbons (Fsp3) is 0.400. The molecule has 124 valence electrons. The minimum absolute atomic E-state index is 0.110. The van der Waals surface area contributed by atoms with E-state index in [9.17, 15) is 0 Å². The molecule has 0 amide bonds. The molecular formula is C20H28N2O. The summed E-state index contributed by atoms with van der Waals surface area (Å²) in [6.07, 6.45) is 0.110. The number of ether oxygens (including phenoxy) is 1. The lowest BCUT2D eigenvalue weighted by Crippen LogP contribution is -2.23. The maximum Gasteiger partial charge on any atom is 0.122 e. The van der Waals surface area contributed by atoms with E-state index >= 15 is 0 Å². The summed E-state index contributed by atoms with van der Waals surface area (Å²) in [5, 5.41) is 3.44. The van der Waals surface area contributed by atoms with Crippen LogP contribution in [0.4, 0.5) is 11.4 Å². The molecule has 0 aliphatic carbocycles. The largest absolute Gasteiger partial charge is 0.489 e. The number of hydrogen-bond donors (Lipinski definition) is 1. The van der Waals surface area contributed by atoms with Crippen LogP contribution in [0.5, 0.6) is 5.75 Å². The minimum Gasteiger partial charge on any atom is -0.489 e. The topological polar surface area (TPSA) is 24.5 Å². The fourth-order valence-electron chi connectivity index (χ4n) is 2.59. The van der Waals surface area contributed by atoms with Gasteiger partial charge in [-0.05, 0) is 63.6 Å². The molecule has 1 atom stereocenters. The lowest BCUT2D eigenvalue weighted by atomic mass is 10.2. The average Bonchev–Trinajstić information content (AvgIpc) is 2.57. The van der Waals surface area contributed by atoms with Crippen molar-refractivity contribution in [3.8, 4) is 5.75 Å². The first-order valence-corrected chi connectivity index (χ1v) is 8.45. The van der Waals surface area contributed by atoms with E-state index in [4.69, 9.17) is 4.74 Å². The summed E-state index contributed by atoms with van der Waals surface area (Å²) >= 11 is 0. The highest BCUT2D eigenvalue weighted by Crippen LogP contribution is 2.19. The normalized spacial score (nSPS) is 11.8. The summed E-state index contributed by atoms with van der Waals surface area (Å²) < 4.78 is 5.99. The summed E-state index contributed by atoms with van der Waals surface area (Å²) in [5.41, 5.74) is 3.56. The van der Waals surface area contributed by atoms with Gasteiger partial charge < -0.3 is 15.0 Å². The van der Waals surface area contributed by atoms with Gasteiger partial charge in [0.1, 0.15) is 11.9 Å².